The fourth-order valence-corrected chi connectivity index (χ4v) is 4.21. The number of ether oxygens (including phenoxy) is 1. The monoisotopic (exact) mass is 514 g/mol. The van der Waals surface area contributed by atoms with Crippen molar-refractivity contribution >= 4 is 29.2 Å². The number of benzene rings is 2. The first-order valence-corrected chi connectivity index (χ1v) is 12.1. The number of pyridine rings is 1. The molecule has 0 fully saturated rings. The van der Waals surface area contributed by atoms with Crippen molar-refractivity contribution in [2.24, 2.45) is 0 Å². The zero-order chi connectivity index (χ0) is 26.2. The standard InChI is InChI=1S/C27H22N4O5S/c28-16-21-20(17-6-3-7-18(14-17)36-12-5-11-29-27(34)35)15-22(19-8-1-2-9-23(19)32)30-25(21)31-26(33)24-10-4-13-37-24/h1-4,6-10,13-15,29,32H,5,11-12H2,(H,34,35)(H,30,31,33). The third-order valence-electron chi connectivity index (χ3n) is 5.30. The van der Waals surface area contributed by atoms with E-state index in [-0.39, 0.29) is 30.3 Å². The van der Waals surface area contributed by atoms with Gasteiger partial charge in [-0.1, -0.05) is 30.3 Å². The second-order valence-corrected chi connectivity index (χ2v) is 8.75. The Labute approximate surface area is 216 Å². The number of carbonyl (C=O) groups is 2. The van der Waals surface area contributed by atoms with Crippen LogP contribution in [0.2, 0.25) is 0 Å². The highest BCUT2D eigenvalue weighted by Gasteiger charge is 2.19. The maximum absolute atomic E-state index is 12.8. The van der Waals surface area contributed by atoms with Gasteiger partial charge in [-0.15, -0.1) is 11.3 Å². The van der Waals surface area contributed by atoms with E-state index >= 15 is 0 Å². The van der Waals surface area contributed by atoms with Crippen molar-refractivity contribution in [2.75, 3.05) is 18.5 Å². The summed E-state index contributed by atoms with van der Waals surface area (Å²) >= 11 is 1.27. The molecule has 0 bridgehead atoms. The fourth-order valence-electron chi connectivity index (χ4n) is 3.59. The number of aromatic nitrogens is 1. The number of rotatable bonds is 9. The number of hydrogen-bond donors (Lipinski definition) is 4. The number of amides is 2. The molecule has 4 rings (SSSR count). The average Bonchev–Trinajstić information content (AvgIpc) is 3.44. The van der Waals surface area contributed by atoms with Crippen LogP contribution >= 0.6 is 11.3 Å². The molecule has 186 valence electrons. The van der Waals surface area contributed by atoms with E-state index in [9.17, 15) is 20.0 Å². The predicted octanol–water partition coefficient (Wildman–Crippen LogP) is 5.34. The molecule has 37 heavy (non-hydrogen) atoms. The summed E-state index contributed by atoms with van der Waals surface area (Å²) in [4.78, 5) is 28.4. The summed E-state index contributed by atoms with van der Waals surface area (Å²) in [6.07, 6.45) is -0.614. The van der Waals surface area contributed by atoms with E-state index in [2.05, 4.69) is 21.7 Å². The van der Waals surface area contributed by atoms with Gasteiger partial charge in [0.2, 0.25) is 0 Å². The zero-order valence-corrected chi connectivity index (χ0v) is 20.3. The lowest BCUT2D eigenvalue weighted by molar-refractivity contribution is 0.103. The second kappa shape index (κ2) is 11.7. The highest BCUT2D eigenvalue weighted by Crippen LogP contribution is 2.36. The van der Waals surface area contributed by atoms with Crippen molar-refractivity contribution < 1.29 is 24.5 Å². The van der Waals surface area contributed by atoms with Crippen molar-refractivity contribution in [2.45, 2.75) is 6.42 Å². The van der Waals surface area contributed by atoms with Gasteiger partial charge in [-0.2, -0.15) is 5.26 Å². The number of phenols is 1. The summed E-state index contributed by atoms with van der Waals surface area (Å²) in [5.74, 6) is 0.212. The minimum Gasteiger partial charge on any atom is -0.507 e. The maximum atomic E-state index is 12.8. The van der Waals surface area contributed by atoms with Crippen LogP contribution in [0.3, 0.4) is 0 Å². The lowest BCUT2D eigenvalue weighted by Gasteiger charge is -2.15. The Bertz CT molecular complexity index is 1460. The Kier molecular flexibility index (Phi) is 7.98. The van der Waals surface area contributed by atoms with Crippen LogP contribution in [0.4, 0.5) is 10.6 Å². The molecule has 0 spiro atoms. The van der Waals surface area contributed by atoms with Crippen LogP contribution in [-0.4, -0.2) is 40.3 Å². The largest absolute Gasteiger partial charge is 0.507 e. The highest BCUT2D eigenvalue weighted by atomic mass is 32.1. The summed E-state index contributed by atoms with van der Waals surface area (Å²) in [6, 6.07) is 21.0. The number of thiophene rings is 1. The lowest BCUT2D eigenvalue weighted by Crippen LogP contribution is -2.23. The minimum absolute atomic E-state index is 0.00763. The minimum atomic E-state index is -1.09. The predicted molar refractivity (Wildman–Crippen MR) is 140 cm³/mol. The number of para-hydroxylation sites is 1. The molecule has 2 aromatic heterocycles. The SMILES string of the molecule is N#Cc1c(-c2cccc(OCCCNC(=O)O)c2)cc(-c2ccccc2O)nc1NC(=O)c1cccs1. The van der Waals surface area contributed by atoms with E-state index in [0.29, 0.717) is 39.4 Å². The zero-order valence-electron chi connectivity index (χ0n) is 19.5. The number of hydrogen-bond acceptors (Lipinski definition) is 7. The van der Waals surface area contributed by atoms with Crippen molar-refractivity contribution in [1.29, 1.82) is 5.26 Å². The van der Waals surface area contributed by atoms with Gasteiger partial charge in [0.1, 0.15) is 23.1 Å². The van der Waals surface area contributed by atoms with Gasteiger partial charge in [-0.3, -0.25) is 4.79 Å². The lowest BCUT2D eigenvalue weighted by atomic mass is 9.98. The molecule has 0 aliphatic rings. The second-order valence-electron chi connectivity index (χ2n) is 7.80. The molecule has 0 saturated carbocycles. The van der Waals surface area contributed by atoms with Gasteiger partial charge in [-0.05, 0) is 53.8 Å². The molecule has 2 amide bonds. The van der Waals surface area contributed by atoms with Crippen LogP contribution in [0, 0.1) is 11.3 Å². The first kappa shape index (κ1) is 25.2. The van der Waals surface area contributed by atoms with E-state index in [0.717, 1.165) is 0 Å². The van der Waals surface area contributed by atoms with Crippen molar-refractivity contribution in [3.8, 4) is 40.0 Å². The molecule has 4 N–H and O–H groups in total. The smallest absolute Gasteiger partial charge is 0.404 e. The van der Waals surface area contributed by atoms with Gasteiger partial charge in [0.05, 0.1) is 17.2 Å². The molecule has 9 nitrogen and oxygen atoms in total. The van der Waals surface area contributed by atoms with Crippen molar-refractivity contribution in [3.05, 3.63) is 82.6 Å². The van der Waals surface area contributed by atoms with Crippen molar-refractivity contribution in [3.63, 3.8) is 0 Å². The van der Waals surface area contributed by atoms with E-state index < -0.39 is 12.0 Å². The molecule has 0 saturated heterocycles. The van der Waals surface area contributed by atoms with Gasteiger partial charge < -0.3 is 25.6 Å². The summed E-state index contributed by atoms with van der Waals surface area (Å²) in [5, 5.41) is 36.0. The molecule has 2 aromatic carbocycles. The Morgan fingerprint density at radius 3 is 2.62 bits per heavy atom. The maximum Gasteiger partial charge on any atom is 0.404 e. The van der Waals surface area contributed by atoms with Crippen molar-refractivity contribution in [1.82, 2.24) is 10.3 Å². The van der Waals surface area contributed by atoms with Crippen LogP contribution in [-0.2, 0) is 0 Å². The third-order valence-corrected chi connectivity index (χ3v) is 6.17. The van der Waals surface area contributed by atoms with Gasteiger partial charge >= 0.3 is 6.09 Å². The summed E-state index contributed by atoms with van der Waals surface area (Å²) in [5.41, 5.74) is 2.11. The molecule has 0 unspecified atom stereocenters. The molecule has 0 radical (unpaired) electrons. The van der Waals surface area contributed by atoms with Crippen LogP contribution in [0.1, 0.15) is 21.7 Å². The number of carbonyl (C=O) groups excluding carboxylic acids is 1. The number of aromatic hydroxyl groups is 1. The van der Waals surface area contributed by atoms with Gasteiger partial charge in [0.25, 0.3) is 5.91 Å². The van der Waals surface area contributed by atoms with Crippen LogP contribution in [0.15, 0.2) is 72.1 Å². The van der Waals surface area contributed by atoms with E-state index in [4.69, 9.17) is 9.84 Å². The number of nitrogens with one attached hydrogen (secondary N) is 2. The Morgan fingerprint density at radius 1 is 1.05 bits per heavy atom. The Balaban J connectivity index is 1.72. The van der Waals surface area contributed by atoms with Gasteiger partial charge in [0.15, 0.2) is 5.82 Å². The Morgan fingerprint density at radius 2 is 1.89 bits per heavy atom. The molecule has 4 aromatic rings. The number of anilines is 1. The molecular formula is C27H22N4O5S. The quantitative estimate of drug-likeness (QED) is 0.221. The normalized spacial score (nSPS) is 10.4. The van der Waals surface area contributed by atoms with Gasteiger partial charge in [-0.25, -0.2) is 9.78 Å². The molecule has 0 aliphatic heterocycles. The number of carboxylic acid groups (broad SMARTS) is 1. The first-order valence-electron chi connectivity index (χ1n) is 11.2. The number of nitriles is 1. The summed E-state index contributed by atoms with van der Waals surface area (Å²) in [7, 11) is 0. The molecular weight excluding hydrogens is 492 g/mol. The van der Waals surface area contributed by atoms with Crippen LogP contribution < -0.4 is 15.4 Å². The van der Waals surface area contributed by atoms with E-state index in [1.807, 2.05) is 0 Å². The summed E-state index contributed by atoms with van der Waals surface area (Å²) < 4.78 is 5.76. The fraction of sp³-hybridized carbons (Fsp3) is 0.111. The van der Waals surface area contributed by atoms with Gasteiger partial charge in [0, 0.05) is 17.7 Å². The molecule has 0 atom stereocenters. The first-order chi connectivity index (χ1) is 18.0. The van der Waals surface area contributed by atoms with Crippen LogP contribution in [0.25, 0.3) is 22.4 Å². The van der Waals surface area contributed by atoms with Crippen LogP contribution in [0.5, 0.6) is 11.5 Å². The van der Waals surface area contributed by atoms with E-state index in [1.165, 1.54) is 17.4 Å². The highest BCUT2D eigenvalue weighted by molar-refractivity contribution is 7.12. The van der Waals surface area contributed by atoms with E-state index in [1.54, 1.807) is 66.0 Å². The third kappa shape index (κ3) is 6.22. The Hall–Kier alpha value is -4.88. The molecule has 2 heterocycles. The molecule has 10 heteroatoms. The number of nitrogens with zero attached hydrogens (tertiary/aromatic N) is 2. The summed E-state index contributed by atoms with van der Waals surface area (Å²) in [6.45, 7) is 0.547. The number of phenolic OH excluding ortho intramolecular Hbond substituents is 1. The molecule has 0 aliphatic carbocycles. The average molecular weight is 515 g/mol. The topological polar surface area (TPSA) is 145 Å².